The Hall–Kier alpha value is -1.77. The highest BCUT2D eigenvalue weighted by atomic mass is 16.4. The highest BCUT2D eigenvalue weighted by Crippen LogP contribution is 2.29. The van der Waals surface area contributed by atoms with E-state index >= 15 is 0 Å². The summed E-state index contributed by atoms with van der Waals surface area (Å²) in [4.78, 5) is 10.9. The zero-order chi connectivity index (χ0) is 12.6. The van der Waals surface area contributed by atoms with Crippen LogP contribution in [-0.4, -0.2) is 15.6 Å². The molecule has 0 saturated carbocycles. The average molecular weight is 231 g/mol. The molecule has 0 fully saturated rings. The number of aromatic nitrogens is 1. The molecule has 0 spiro atoms. The van der Waals surface area contributed by atoms with E-state index < -0.39 is 5.97 Å². The average Bonchev–Trinajstić information content (AvgIpc) is 2.55. The van der Waals surface area contributed by atoms with Crippen LogP contribution in [-0.2, 0) is 18.3 Å². The number of fused-ring (bicyclic) bond motifs is 1. The van der Waals surface area contributed by atoms with Gasteiger partial charge in [-0.05, 0) is 23.1 Å². The molecule has 1 heterocycles. The van der Waals surface area contributed by atoms with E-state index in [0.29, 0.717) is 5.92 Å². The molecule has 90 valence electrons. The molecule has 2 rings (SSSR count). The first-order valence-electron chi connectivity index (χ1n) is 5.79. The zero-order valence-corrected chi connectivity index (χ0v) is 10.4. The maximum absolute atomic E-state index is 10.9. The first-order chi connectivity index (χ1) is 8.00. The van der Waals surface area contributed by atoms with Gasteiger partial charge in [-0.1, -0.05) is 26.0 Å². The smallest absolute Gasteiger partial charge is 0.307 e. The highest BCUT2D eigenvalue weighted by molar-refractivity contribution is 5.90. The number of rotatable bonds is 3. The molecule has 3 nitrogen and oxygen atoms in total. The second-order valence-electron chi connectivity index (χ2n) is 4.73. The molecular formula is C14H17NO2. The number of hydrogen-bond donors (Lipinski definition) is 1. The van der Waals surface area contributed by atoms with Crippen molar-refractivity contribution in [3.05, 3.63) is 35.5 Å². The number of hydrogen-bond acceptors (Lipinski definition) is 1. The van der Waals surface area contributed by atoms with E-state index in [2.05, 4.69) is 19.9 Å². The summed E-state index contributed by atoms with van der Waals surface area (Å²) in [5.41, 5.74) is 3.23. The lowest BCUT2D eigenvalue weighted by atomic mass is 9.96. The summed E-state index contributed by atoms with van der Waals surface area (Å²) in [7, 11) is 1.96. The van der Waals surface area contributed by atoms with Crippen LogP contribution in [0.4, 0.5) is 0 Å². The molecule has 0 bridgehead atoms. The summed E-state index contributed by atoms with van der Waals surface area (Å²) >= 11 is 0. The monoisotopic (exact) mass is 231 g/mol. The van der Waals surface area contributed by atoms with E-state index in [1.54, 1.807) is 0 Å². The number of aryl methyl sites for hydroxylation is 1. The van der Waals surface area contributed by atoms with Gasteiger partial charge in [-0.25, -0.2) is 0 Å². The van der Waals surface area contributed by atoms with Crippen molar-refractivity contribution in [2.75, 3.05) is 0 Å². The van der Waals surface area contributed by atoms with Gasteiger partial charge in [-0.3, -0.25) is 4.79 Å². The Bertz CT molecular complexity index is 567. The summed E-state index contributed by atoms with van der Waals surface area (Å²) in [6.45, 7) is 4.26. The lowest BCUT2D eigenvalue weighted by molar-refractivity contribution is -0.136. The summed E-state index contributed by atoms with van der Waals surface area (Å²) in [5.74, 6) is -0.385. The van der Waals surface area contributed by atoms with Crippen molar-refractivity contribution in [2.45, 2.75) is 26.2 Å². The Morgan fingerprint density at radius 1 is 1.41 bits per heavy atom. The third-order valence-corrected chi connectivity index (χ3v) is 3.09. The van der Waals surface area contributed by atoms with Gasteiger partial charge in [0.05, 0.1) is 6.42 Å². The van der Waals surface area contributed by atoms with Gasteiger partial charge in [-0.15, -0.1) is 0 Å². The van der Waals surface area contributed by atoms with Crippen LogP contribution < -0.4 is 0 Å². The Labute approximate surface area is 101 Å². The van der Waals surface area contributed by atoms with Gasteiger partial charge in [0.1, 0.15) is 0 Å². The van der Waals surface area contributed by atoms with Crippen LogP contribution in [0, 0.1) is 0 Å². The van der Waals surface area contributed by atoms with Crippen molar-refractivity contribution in [2.24, 2.45) is 7.05 Å². The quantitative estimate of drug-likeness (QED) is 0.882. The second kappa shape index (κ2) is 4.24. The zero-order valence-electron chi connectivity index (χ0n) is 10.4. The van der Waals surface area contributed by atoms with Gasteiger partial charge in [0.2, 0.25) is 0 Å². The van der Waals surface area contributed by atoms with E-state index in [0.717, 1.165) is 16.5 Å². The van der Waals surface area contributed by atoms with Gasteiger partial charge in [-0.2, -0.15) is 0 Å². The number of carboxylic acids is 1. The van der Waals surface area contributed by atoms with Gasteiger partial charge in [0.15, 0.2) is 0 Å². The molecule has 1 N–H and O–H groups in total. The molecule has 0 saturated heterocycles. The first kappa shape index (κ1) is 11.7. The molecule has 2 aromatic rings. The fourth-order valence-corrected chi connectivity index (χ4v) is 2.35. The number of aliphatic carboxylic acids is 1. The molecule has 0 aliphatic rings. The largest absolute Gasteiger partial charge is 0.481 e. The topological polar surface area (TPSA) is 42.2 Å². The molecule has 1 aromatic carbocycles. The molecule has 3 heteroatoms. The van der Waals surface area contributed by atoms with Gasteiger partial charge in [0, 0.05) is 24.1 Å². The molecule has 0 unspecified atom stereocenters. The van der Waals surface area contributed by atoms with Crippen molar-refractivity contribution in [3.63, 3.8) is 0 Å². The summed E-state index contributed by atoms with van der Waals surface area (Å²) in [6, 6.07) is 6.15. The van der Waals surface area contributed by atoms with Crippen LogP contribution in [0.1, 0.15) is 30.9 Å². The molecular weight excluding hydrogens is 214 g/mol. The molecule has 0 atom stereocenters. The predicted molar refractivity (Wildman–Crippen MR) is 68.3 cm³/mol. The molecule has 0 radical (unpaired) electrons. The maximum Gasteiger partial charge on any atom is 0.307 e. The van der Waals surface area contributed by atoms with Crippen molar-refractivity contribution in [3.8, 4) is 0 Å². The predicted octanol–water partition coefficient (Wildman–Crippen LogP) is 2.93. The van der Waals surface area contributed by atoms with E-state index in [1.807, 2.05) is 29.9 Å². The minimum Gasteiger partial charge on any atom is -0.481 e. The summed E-state index contributed by atoms with van der Waals surface area (Å²) in [6.07, 6.45) is 2.01. The van der Waals surface area contributed by atoms with Crippen LogP contribution in [0.25, 0.3) is 10.9 Å². The van der Waals surface area contributed by atoms with Gasteiger partial charge in [0.25, 0.3) is 0 Å². The molecule has 0 amide bonds. The molecule has 17 heavy (non-hydrogen) atoms. The lowest BCUT2D eigenvalue weighted by Gasteiger charge is -2.09. The van der Waals surface area contributed by atoms with Crippen molar-refractivity contribution in [1.82, 2.24) is 4.57 Å². The third-order valence-electron chi connectivity index (χ3n) is 3.09. The maximum atomic E-state index is 10.9. The Balaban J connectivity index is 2.72. The third kappa shape index (κ3) is 2.05. The van der Waals surface area contributed by atoms with Crippen LogP contribution in [0.15, 0.2) is 24.4 Å². The lowest BCUT2D eigenvalue weighted by Crippen LogP contribution is -2.00. The first-order valence-corrected chi connectivity index (χ1v) is 5.79. The summed E-state index contributed by atoms with van der Waals surface area (Å²) in [5, 5.41) is 10.1. The number of carboxylic acid groups (broad SMARTS) is 1. The van der Waals surface area contributed by atoms with E-state index in [4.69, 9.17) is 5.11 Å². The van der Waals surface area contributed by atoms with Crippen LogP contribution in [0.3, 0.4) is 0 Å². The highest BCUT2D eigenvalue weighted by Gasteiger charge is 2.14. The van der Waals surface area contributed by atoms with Gasteiger partial charge >= 0.3 is 5.97 Å². The van der Waals surface area contributed by atoms with Crippen molar-refractivity contribution in [1.29, 1.82) is 0 Å². The molecule has 0 aliphatic carbocycles. The minimum atomic E-state index is -0.781. The standard InChI is InChI=1S/C14H17NO2/c1-9(2)11-5-4-6-12-14(11)10(7-13(16)17)8-15(12)3/h4-6,8-9H,7H2,1-3H3,(H,16,17). The number of benzene rings is 1. The van der Waals surface area contributed by atoms with Crippen molar-refractivity contribution < 1.29 is 9.90 Å². The van der Waals surface area contributed by atoms with E-state index in [9.17, 15) is 4.79 Å². The number of nitrogens with zero attached hydrogens (tertiary/aromatic N) is 1. The van der Waals surface area contributed by atoms with Gasteiger partial charge < -0.3 is 9.67 Å². The Morgan fingerprint density at radius 2 is 2.12 bits per heavy atom. The Morgan fingerprint density at radius 3 is 2.71 bits per heavy atom. The fourth-order valence-electron chi connectivity index (χ4n) is 2.35. The SMILES string of the molecule is CC(C)c1cccc2c1c(CC(=O)O)cn2C. The summed E-state index contributed by atoms with van der Waals surface area (Å²) < 4.78 is 2.00. The minimum absolute atomic E-state index is 0.0844. The normalized spacial score (nSPS) is 11.3. The Kier molecular flexibility index (Phi) is 2.92. The molecule has 0 aliphatic heterocycles. The van der Waals surface area contributed by atoms with Crippen LogP contribution in [0.2, 0.25) is 0 Å². The van der Waals surface area contributed by atoms with Crippen LogP contribution in [0.5, 0.6) is 0 Å². The second-order valence-corrected chi connectivity index (χ2v) is 4.73. The van der Waals surface area contributed by atoms with E-state index in [1.165, 1.54) is 5.56 Å². The number of carbonyl (C=O) groups is 1. The van der Waals surface area contributed by atoms with E-state index in [-0.39, 0.29) is 6.42 Å². The fraction of sp³-hybridized carbons (Fsp3) is 0.357. The molecule has 1 aromatic heterocycles. The van der Waals surface area contributed by atoms with Crippen molar-refractivity contribution >= 4 is 16.9 Å². The van der Waals surface area contributed by atoms with Crippen LogP contribution >= 0.6 is 0 Å².